The van der Waals surface area contributed by atoms with E-state index in [1.165, 1.54) is 12.1 Å². The van der Waals surface area contributed by atoms with Crippen LogP contribution in [0.5, 0.6) is 11.5 Å². The first-order chi connectivity index (χ1) is 8.51. The van der Waals surface area contributed by atoms with Crippen molar-refractivity contribution in [3.8, 4) is 11.5 Å². The van der Waals surface area contributed by atoms with E-state index >= 15 is 0 Å². The lowest BCUT2D eigenvalue weighted by Gasteiger charge is -2.48. The van der Waals surface area contributed by atoms with Crippen LogP contribution in [0, 0.1) is 5.92 Å². The second kappa shape index (κ2) is 3.62. The number of carbonyl (C=O) groups excluding carboxylic acids is 1. The maximum Gasteiger partial charge on any atom is 0.257 e. The number of hydrogen-bond donors (Lipinski definition) is 3. The number of likely N-dealkylation sites (tertiary alicyclic amines) is 1. The number of amides is 1. The minimum Gasteiger partial charge on any atom is -0.504 e. The smallest absolute Gasteiger partial charge is 0.257 e. The second-order valence-corrected chi connectivity index (χ2v) is 5.34. The van der Waals surface area contributed by atoms with E-state index in [-0.39, 0.29) is 28.5 Å². The van der Waals surface area contributed by atoms with Gasteiger partial charge in [-0.25, -0.2) is 0 Å². The molecule has 0 bridgehead atoms. The number of hydrogen-bond acceptors (Lipinski definition) is 4. The number of benzene rings is 1. The van der Waals surface area contributed by atoms with Crippen molar-refractivity contribution >= 4 is 5.91 Å². The van der Waals surface area contributed by atoms with Crippen LogP contribution in [0.25, 0.3) is 0 Å². The standard InChI is InChI=1S/C13H16N2O3/c14-13(8-4-5-8)6-15(7-13)12(18)9-2-1-3-10(16)11(9)17/h1-3,8,16-17H,4-7,14H2. The SMILES string of the molecule is NC1(C2CC2)CN(C(=O)c2cccc(O)c2O)C1. The van der Waals surface area contributed by atoms with Gasteiger partial charge in [0, 0.05) is 13.1 Å². The Morgan fingerprint density at radius 1 is 1.33 bits per heavy atom. The molecule has 18 heavy (non-hydrogen) atoms. The Morgan fingerprint density at radius 2 is 2.00 bits per heavy atom. The first-order valence-corrected chi connectivity index (χ1v) is 6.10. The zero-order chi connectivity index (χ0) is 12.9. The van der Waals surface area contributed by atoms with Crippen LogP contribution in [0.2, 0.25) is 0 Å². The molecular weight excluding hydrogens is 232 g/mol. The third-order valence-corrected chi connectivity index (χ3v) is 3.89. The van der Waals surface area contributed by atoms with Crippen molar-refractivity contribution in [3.63, 3.8) is 0 Å². The molecule has 96 valence electrons. The summed E-state index contributed by atoms with van der Waals surface area (Å²) >= 11 is 0. The van der Waals surface area contributed by atoms with E-state index in [9.17, 15) is 15.0 Å². The summed E-state index contributed by atoms with van der Waals surface area (Å²) in [6.07, 6.45) is 2.30. The predicted octanol–water partition coefficient (Wildman–Crippen LogP) is 0.661. The molecule has 1 heterocycles. The number of carbonyl (C=O) groups is 1. The Kier molecular flexibility index (Phi) is 2.28. The molecular formula is C13H16N2O3. The van der Waals surface area contributed by atoms with E-state index in [0.717, 1.165) is 12.8 Å². The van der Waals surface area contributed by atoms with E-state index < -0.39 is 0 Å². The summed E-state index contributed by atoms with van der Waals surface area (Å²) in [4.78, 5) is 13.7. The number of phenolic OH excluding ortho intramolecular Hbond substituents is 2. The normalized spacial score (nSPS) is 21.5. The van der Waals surface area contributed by atoms with Crippen LogP contribution < -0.4 is 5.73 Å². The quantitative estimate of drug-likeness (QED) is 0.671. The van der Waals surface area contributed by atoms with Gasteiger partial charge in [0.05, 0.1) is 11.1 Å². The van der Waals surface area contributed by atoms with Crippen molar-refractivity contribution in [1.29, 1.82) is 0 Å². The van der Waals surface area contributed by atoms with Crippen LogP contribution in [0.1, 0.15) is 23.2 Å². The monoisotopic (exact) mass is 248 g/mol. The van der Waals surface area contributed by atoms with Crippen molar-refractivity contribution in [3.05, 3.63) is 23.8 Å². The number of nitrogens with two attached hydrogens (primary N) is 1. The summed E-state index contributed by atoms with van der Waals surface area (Å²) in [5.74, 6) is -0.365. The Bertz CT molecular complexity index is 505. The zero-order valence-corrected chi connectivity index (χ0v) is 9.97. The molecule has 1 amide bonds. The Balaban J connectivity index is 1.74. The molecule has 5 heteroatoms. The van der Waals surface area contributed by atoms with Gasteiger partial charge >= 0.3 is 0 Å². The Labute approximate surface area is 105 Å². The minimum atomic E-state index is -0.358. The summed E-state index contributed by atoms with van der Waals surface area (Å²) < 4.78 is 0. The van der Waals surface area contributed by atoms with Gasteiger partial charge < -0.3 is 20.8 Å². The predicted molar refractivity (Wildman–Crippen MR) is 65.3 cm³/mol. The lowest BCUT2D eigenvalue weighted by Crippen LogP contribution is -2.69. The first-order valence-electron chi connectivity index (χ1n) is 6.10. The van der Waals surface area contributed by atoms with Crippen LogP contribution in [0.15, 0.2) is 18.2 Å². The van der Waals surface area contributed by atoms with Gasteiger partial charge in [0.15, 0.2) is 11.5 Å². The molecule has 1 aromatic rings. The van der Waals surface area contributed by atoms with Gasteiger partial charge in [-0.15, -0.1) is 0 Å². The highest BCUT2D eigenvalue weighted by atomic mass is 16.3. The van der Waals surface area contributed by atoms with E-state index in [2.05, 4.69) is 0 Å². The number of para-hydroxylation sites is 1. The maximum absolute atomic E-state index is 12.1. The Hall–Kier alpha value is -1.75. The zero-order valence-electron chi connectivity index (χ0n) is 9.97. The van der Waals surface area contributed by atoms with Gasteiger partial charge in [-0.05, 0) is 30.9 Å². The fourth-order valence-corrected chi connectivity index (χ4v) is 2.60. The molecule has 1 saturated heterocycles. The Morgan fingerprint density at radius 3 is 2.61 bits per heavy atom. The average molecular weight is 248 g/mol. The van der Waals surface area contributed by atoms with Gasteiger partial charge in [0.25, 0.3) is 5.91 Å². The third kappa shape index (κ3) is 1.62. The van der Waals surface area contributed by atoms with Crippen molar-refractivity contribution in [2.75, 3.05) is 13.1 Å². The van der Waals surface area contributed by atoms with Gasteiger partial charge in [-0.3, -0.25) is 4.79 Å². The van der Waals surface area contributed by atoms with E-state index in [4.69, 9.17) is 5.73 Å². The number of phenols is 2. The molecule has 0 spiro atoms. The highest BCUT2D eigenvalue weighted by Gasteiger charge is 2.51. The highest BCUT2D eigenvalue weighted by Crippen LogP contribution is 2.43. The number of nitrogens with zero attached hydrogens (tertiary/aromatic N) is 1. The van der Waals surface area contributed by atoms with Crippen LogP contribution >= 0.6 is 0 Å². The molecule has 1 saturated carbocycles. The molecule has 1 aromatic carbocycles. The van der Waals surface area contributed by atoms with E-state index in [0.29, 0.717) is 19.0 Å². The summed E-state index contributed by atoms with van der Waals surface area (Å²) in [5, 5.41) is 19.0. The van der Waals surface area contributed by atoms with Crippen LogP contribution in [0.4, 0.5) is 0 Å². The fourth-order valence-electron chi connectivity index (χ4n) is 2.60. The molecule has 5 nitrogen and oxygen atoms in total. The lowest BCUT2D eigenvalue weighted by molar-refractivity contribution is 0.0347. The summed E-state index contributed by atoms with van der Waals surface area (Å²) in [5.41, 5.74) is 6.07. The molecule has 0 aromatic heterocycles. The molecule has 1 aliphatic heterocycles. The molecule has 2 fully saturated rings. The van der Waals surface area contributed by atoms with Crippen molar-refractivity contribution in [2.24, 2.45) is 11.7 Å². The van der Waals surface area contributed by atoms with E-state index in [1.807, 2.05) is 0 Å². The first kappa shape index (κ1) is 11.3. The van der Waals surface area contributed by atoms with Crippen molar-refractivity contribution in [2.45, 2.75) is 18.4 Å². The van der Waals surface area contributed by atoms with Crippen LogP contribution in [-0.4, -0.2) is 39.6 Å². The molecule has 0 radical (unpaired) electrons. The minimum absolute atomic E-state index is 0.132. The van der Waals surface area contributed by atoms with Gasteiger partial charge in [0.1, 0.15) is 0 Å². The largest absolute Gasteiger partial charge is 0.504 e. The number of aromatic hydroxyl groups is 2. The molecule has 0 unspecified atom stereocenters. The molecule has 2 aliphatic rings. The van der Waals surface area contributed by atoms with Crippen molar-refractivity contribution in [1.82, 2.24) is 4.90 Å². The lowest BCUT2D eigenvalue weighted by atomic mass is 9.85. The fraction of sp³-hybridized carbons (Fsp3) is 0.462. The summed E-state index contributed by atoms with van der Waals surface area (Å²) in [6, 6.07) is 4.39. The van der Waals surface area contributed by atoms with E-state index in [1.54, 1.807) is 11.0 Å². The number of rotatable bonds is 2. The van der Waals surface area contributed by atoms with Gasteiger partial charge in [-0.1, -0.05) is 6.07 Å². The van der Waals surface area contributed by atoms with Crippen LogP contribution in [0.3, 0.4) is 0 Å². The van der Waals surface area contributed by atoms with Crippen molar-refractivity contribution < 1.29 is 15.0 Å². The second-order valence-electron chi connectivity index (χ2n) is 5.34. The molecule has 3 rings (SSSR count). The average Bonchev–Trinajstić information content (AvgIpc) is 3.12. The van der Waals surface area contributed by atoms with Gasteiger partial charge in [0.2, 0.25) is 0 Å². The molecule has 0 atom stereocenters. The molecule has 4 N–H and O–H groups in total. The maximum atomic E-state index is 12.1. The summed E-state index contributed by atoms with van der Waals surface area (Å²) in [7, 11) is 0. The van der Waals surface area contributed by atoms with Gasteiger partial charge in [-0.2, -0.15) is 0 Å². The van der Waals surface area contributed by atoms with Crippen LogP contribution in [-0.2, 0) is 0 Å². The molecule has 1 aliphatic carbocycles. The third-order valence-electron chi connectivity index (χ3n) is 3.89. The highest BCUT2D eigenvalue weighted by molar-refractivity contribution is 5.98. The topological polar surface area (TPSA) is 86.8 Å². The summed E-state index contributed by atoms with van der Waals surface area (Å²) in [6.45, 7) is 1.07.